The summed E-state index contributed by atoms with van der Waals surface area (Å²) in [6.07, 6.45) is 6.87. The van der Waals surface area contributed by atoms with Crippen LogP contribution in [-0.4, -0.2) is 35.9 Å². The Morgan fingerprint density at radius 1 is 1.13 bits per heavy atom. The number of benzene rings is 1. The zero-order valence-corrected chi connectivity index (χ0v) is 18.3. The predicted octanol–water partition coefficient (Wildman–Crippen LogP) is 3.37. The van der Waals surface area contributed by atoms with Gasteiger partial charge in [0.2, 0.25) is 5.95 Å². The van der Waals surface area contributed by atoms with Crippen molar-refractivity contribution in [1.82, 2.24) is 19.1 Å². The predicted molar refractivity (Wildman–Crippen MR) is 121 cm³/mol. The second kappa shape index (κ2) is 7.79. The molecule has 0 bridgehead atoms. The quantitative estimate of drug-likeness (QED) is 0.675. The van der Waals surface area contributed by atoms with E-state index in [0.717, 1.165) is 49.9 Å². The Bertz CT molecular complexity index is 1150. The monoisotopic (exact) mass is 421 g/mol. The Morgan fingerprint density at radius 2 is 1.90 bits per heavy atom. The fraction of sp³-hybridized carbons (Fsp3) is 0.542. The van der Waals surface area contributed by atoms with E-state index in [1.807, 2.05) is 41.8 Å². The van der Waals surface area contributed by atoms with Crippen LogP contribution in [0, 0.1) is 12.8 Å². The molecule has 2 aromatic heterocycles. The van der Waals surface area contributed by atoms with Gasteiger partial charge in [-0.3, -0.25) is 9.36 Å². The van der Waals surface area contributed by atoms with Crippen LogP contribution >= 0.6 is 0 Å². The molecule has 0 amide bonds. The van der Waals surface area contributed by atoms with Crippen LogP contribution in [0.1, 0.15) is 56.3 Å². The molecule has 3 aromatic rings. The van der Waals surface area contributed by atoms with Gasteiger partial charge in [-0.2, -0.15) is 4.98 Å². The highest BCUT2D eigenvalue weighted by atomic mass is 16.3. The maximum atomic E-state index is 13.4. The van der Waals surface area contributed by atoms with Gasteiger partial charge < -0.3 is 15.0 Å². The summed E-state index contributed by atoms with van der Waals surface area (Å²) in [6.45, 7) is 2.50. The number of aryl methyl sites for hydroxylation is 1. The molecule has 7 heteroatoms. The third-order valence-corrected chi connectivity index (χ3v) is 7.45. The average molecular weight is 422 g/mol. The molecule has 164 valence electrons. The molecule has 2 saturated carbocycles. The van der Waals surface area contributed by atoms with E-state index in [-0.39, 0.29) is 5.56 Å². The van der Waals surface area contributed by atoms with Gasteiger partial charge in [-0.05, 0) is 44.1 Å². The summed E-state index contributed by atoms with van der Waals surface area (Å²) in [5, 5.41) is 14.6. The molecule has 0 aliphatic heterocycles. The van der Waals surface area contributed by atoms with Gasteiger partial charge in [0.05, 0.1) is 11.6 Å². The maximum absolute atomic E-state index is 13.4. The second-order valence-electron chi connectivity index (χ2n) is 9.26. The smallest absolute Gasteiger partial charge is 0.280 e. The molecular formula is C24H31N5O2. The van der Waals surface area contributed by atoms with Crippen LogP contribution < -0.4 is 10.9 Å². The average Bonchev–Trinajstić information content (AvgIpc) is 3.08. The zero-order valence-electron chi connectivity index (χ0n) is 18.3. The summed E-state index contributed by atoms with van der Waals surface area (Å²) in [5.74, 6) is 1.69. The molecule has 3 atom stereocenters. The summed E-state index contributed by atoms with van der Waals surface area (Å²) in [7, 11) is 1.76. The lowest BCUT2D eigenvalue weighted by Gasteiger charge is -2.51. The number of hydrogen-bond donors (Lipinski definition) is 2. The standard InChI is InChI=1S/C24H31N5O2/c1-16-25-21-20(29(16)15-17-9-4-3-5-10-17)22(31)28(2)23(26-21)27-24-14-7-6-11-18(24)12-8-13-19(24)30/h3-5,9-10,18-19,30H,6-8,11-15H2,1-2H3,(H,26,27)/t18?,19?,24-/m1/s1. The Hall–Kier alpha value is -2.67. The van der Waals surface area contributed by atoms with Gasteiger partial charge in [0.15, 0.2) is 11.2 Å². The lowest BCUT2D eigenvalue weighted by molar-refractivity contribution is -0.00171. The first kappa shape index (κ1) is 20.2. The van der Waals surface area contributed by atoms with E-state index < -0.39 is 11.6 Å². The summed E-state index contributed by atoms with van der Waals surface area (Å²) in [6, 6.07) is 10.1. The van der Waals surface area contributed by atoms with Crippen molar-refractivity contribution in [1.29, 1.82) is 0 Å². The molecule has 5 rings (SSSR count). The van der Waals surface area contributed by atoms with Crippen molar-refractivity contribution in [3.05, 3.63) is 52.1 Å². The molecule has 2 N–H and O–H groups in total. The molecule has 0 spiro atoms. The number of imidazole rings is 1. The van der Waals surface area contributed by atoms with E-state index in [0.29, 0.717) is 29.6 Å². The first-order valence-electron chi connectivity index (χ1n) is 11.4. The van der Waals surface area contributed by atoms with Crippen LogP contribution in [0.2, 0.25) is 0 Å². The van der Waals surface area contributed by atoms with Crippen LogP contribution in [-0.2, 0) is 13.6 Å². The summed E-state index contributed by atoms with van der Waals surface area (Å²) >= 11 is 0. The highest BCUT2D eigenvalue weighted by molar-refractivity contribution is 5.72. The van der Waals surface area contributed by atoms with Crippen molar-refractivity contribution >= 4 is 17.1 Å². The number of aliphatic hydroxyl groups excluding tert-OH is 1. The van der Waals surface area contributed by atoms with Crippen LogP contribution in [0.3, 0.4) is 0 Å². The number of hydrogen-bond acceptors (Lipinski definition) is 5. The highest BCUT2D eigenvalue weighted by Gasteiger charge is 2.48. The molecule has 7 nitrogen and oxygen atoms in total. The van der Waals surface area contributed by atoms with Crippen molar-refractivity contribution in [2.24, 2.45) is 13.0 Å². The van der Waals surface area contributed by atoms with Crippen molar-refractivity contribution in [2.45, 2.75) is 70.1 Å². The number of aliphatic hydroxyl groups is 1. The van der Waals surface area contributed by atoms with Gasteiger partial charge in [-0.1, -0.05) is 49.6 Å². The molecule has 2 unspecified atom stereocenters. The van der Waals surface area contributed by atoms with E-state index in [1.54, 1.807) is 11.6 Å². The number of rotatable bonds is 4. The molecule has 2 fully saturated rings. The zero-order chi connectivity index (χ0) is 21.6. The summed E-state index contributed by atoms with van der Waals surface area (Å²) in [5.41, 5.74) is 1.59. The molecule has 0 radical (unpaired) electrons. The first-order chi connectivity index (χ1) is 15.0. The largest absolute Gasteiger partial charge is 0.391 e. The first-order valence-corrected chi connectivity index (χ1v) is 11.4. The summed E-state index contributed by atoms with van der Waals surface area (Å²) in [4.78, 5) is 22.8. The van der Waals surface area contributed by atoms with Gasteiger partial charge in [-0.15, -0.1) is 0 Å². The van der Waals surface area contributed by atoms with Crippen molar-refractivity contribution in [3.63, 3.8) is 0 Å². The normalized spacial score (nSPS) is 26.0. The molecular weight excluding hydrogens is 390 g/mol. The SMILES string of the molecule is Cc1nc2nc(N[C@]34CCCCC3CCCC4O)n(C)c(=O)c2n1Cc1ccccc1. The number of aromatic nitrogens is 4. The van der Waals surface area contributed by atoms with Crippen molar-refractivity contribution < 1.29 is 5.11 Å². The van der Waals surface area contributed by atoms with Gasteiger partial charge >= 0.3 is 0 Å². The van der Waals surface area contributed by atoms with Crippen LogP contribution in [0.4, 0.5) is 5.95 Å². The fourth-order valence-electron chi connectivity index (χ4n) is 5.72. The highest BCUT2D eigenvalue weighted by Crippen LogP contribution is 2.45. The number of fused-ring (bicyclic) bond motifs is 2. The molecule has 1 aromatic carbocycles. The van der Waals surface area contributed by atoms with Crippen molar-refractivity contribution in [2.75, 3.05) is 5.32 Å². The minimum atomic E-state index is -0.420. The van der Waals surface area contributed by atoms with Gasteiger partial charge in [-0.25, -0.2) is 4.98 Å². The maximum Gasteiger partial charge on any atom is 0.280 e. The molecule has 0 saturated heterocycles. The Kier molecular flexibility index (Phi) is 5.08. The van der Waals surface area contributed by atoms with E-state index in [4.69, 9.17) is 4.98 Å². The number of nitrogens with one attached hydrogen (secondary N) is 1. The topological polar surface area (TPSA) is 85.0 Å². The lowest BCUT2D eigenvalue weighted by atomic mass is 9.63. The Labute approximate surface area is 182 Å². The number of anilines is 1. The minimum Gasteiger partial charge on any atom is -0.391 e. The van der Waals surface area contributed by atoms with E-state index in [2.05, 4.69) is 10.3 Å². The number of nitrogens with zero attached hydrogens (tertiary/aromatic N) is 4. The third-order valence-electron chi connectivity index (χ3n) is 7.45. The van der Waals surface area contributed by atoms with Crippen molar-refractivity contribution in [3.8, 4) is 0 Å². The van der Waals surface area contributed by atoms with Gasteiger partial charge in [0, 0.05) is 13.6 Å². The summed E-state index contributed by atoms with van der Waals surface area (Å²) < 4.78 is 3.54. The Morgan fingerprint density at radius 3 is 2.71 bits per heavy atom. The third kappa shape index (κ3) is 3.35. The second-order valence-corrected chi connectivity index (χ2v) is 9.26. The van der Waals surface area contributed by atoms with Crippen LogP contribution in [0.15, 0.2) is 35.1 Å². The van der Waals surface area contributed by atoms with E-state index in [1.165, 1.54) is 6.42 Å². The fourth-order valence-corrected chi connectivity index (χ4v) is 5.72. The van der Waals surface area contributed by atoms with Gasteiger partial charge in [0.1, 0.15) is 5.82 Å². The van der Waals surface area contributed by atoms with Crippen LogP contribution in [0.5, 0.6) is 0 Å². The van der Waals surface area contributed by atoms with E-state index >= 15 is 0 Å². The lowest BCUT2D eigenvalue weighted by Crippen LogP contribution is -2.59. The molecule has 2 aliphatic carbocycles. The van der Waals surface area contributed by atoms with Crippen LogP contribution in [0.25, 0.3) is 11.2 Å². The molecule has 31 heavy (non-hydrogen) atoms. The molecule has 2 heterocycles. The minimum absolute atomic E-state index is 0.113. The van der Waals surface area contributed by atoms with E-state index in [9.17, 15) is 9.90 Å². The Balaban J connectivity index is 1.57. The molecule has 2 aliphatic rings. The van der Waals surface area contributed by atoms with Gasteiger partial charge in [0.25, 0.3) is 5.56 Å².